The molecule has 0 rings (SSSR count). The molecule has 0 heterocycles. The molecule has 0 aliphatic carbocycles. The topological polar surface area (TPSA) is 47.3 Å². The Kier molecular flexibility index (Phi) is 6.91. The standard InChI is InChI=1S/C7H18N2O/c1-3-7(6-9-8)4-5-10-2/h7,9H,3-6,8H2,1-2H3/t7-/m0/s1. The van der Waals surface area contributed by atoms with Gasteiger partial charge in [-0.1, -0.05) is 13.3 Å². The Labute approximate surface area is 62.9 Å². The molecule has 0 unspecified atom stereocenters. The number of methoxy groups -OCH3 is 1. The molecule has 0 bridgehead atoms. The molecule has 0 aromatic rings. The van der Waals surface area contributed by atoms with Crippen LogP contribution >= 0.6 is 0 Å². The van der Waals surface area contributed by atoms with Crippen LogP contribution in [0.2, 0.25) is 0 Å². The van der Waals surface area contributed by atoms with Crippen molar-refractivity contribution < 1.29 is 4.74 Å². The van der Waals surface area contributed by atoms with Gasteiger partial charge >= 0.3 is 0 Å². The van der Waals surface area contributed by atoms with Crippen LogP contribution in [0.25, 0.3) is 0 Å². The fourth-order valence-corrected chi connectivity index (χ4v) is 0.902. The predicted octanol–water partition coefficient (Wildman–Crippen LogP) is 0.512. The summed E-state index contributed by atoms with van der Waals surface area (Å²) >= 11 is 0. The van der Waals surface area contributed by atoms with Crippen LogP contribution in [-0.2, 0) is 4.74 Å². The average molecular weight is 146 g/mol. The van der Waals surface area contributed by atoms with Crippen LogP contribution in [-0.4, -0.2) is 20.3 Å². The first-order chi connectivity index (χ1) is 4.85. The largest absolute Gasteiger partial charge is 0.385 e. The van der Waals surface area contributed by atoms with Gasteiger partial charge in [0.1, 0.15) is 0 Å². The molecule has 0 aliphatic rings. The molecule has 62 valence electrons. The van der Waals surface area contributed by atoms with Crippen molar-refractivity contribution in [3.8, 4) is 0 Å². The fraction of sp³-hybridized carbons (Fsp3) is 1.00. The van der Waals surface area contributed by atoms with Crippen LogP contribution < -0.4 is 11.3 Å². The molecule has 0 aliphatic heterocycles. The van der Waals surface area contributed by atoms with Crippen LogP contribution in [0.4, 0.5) is 0 Å². The second-order valence-electron chi connectivity index (χ2n) is 2.46. The number of rotatable bonds is 6. The molecule has 0 spiro atoms. The number of hydrogen-bond donors (Lipinski definition) is 2. The molecular formula is C7H18N2O. The van der Waals surface area contributed by atoms with Crippen molar-refractivity contribution in [1.29, 1.82) is 0 Å². The quantitative estimate of drug-likeness (QED) is 0.424. The summed E-state index contributed by atoms with van der Waals surface area (Å²) in [5.74, 6) is 5.84. The van der Waals surface area contributed by atoms with Gasteiger partial charge in [-0.2, -0.15) is 0 Å². The Bertz CT molecular complexity index is 68.6. The molecule has 0 saturated carbocycles. The van der Waals surface area contributed by atoms with Gasteiger partial charge in [-0.25, -0.2) is 0 Å². The van der Waals surface area contributed by atoms with Crippen molar-refractivity contribution in [2.75, 3.05) is 20.3 Å². The lowest BCUT2D eigenvalue weighted by molar-refractivity contribution is 0.175. The molecular weight excluding hydrogens is 128 g/mol. The lowest BCUT2D eigenvalue weighted by atomic mass is 10.0. The highest BCUT2D eigenvalue weighted by Gasteiger charge is 2.03. The Morgan fingerprint density at radius 2 is 2.30 bits per heavy atom. The van der Waals surface area contributed by atoms with Gasteiger partial charge in [0.05, 0.1) is 0 Å². The Morgan fingerprint density at radius 1 is 1.60 bits per heavy atom. The molecule has 0 aromatic carbocycles. The van der Waals surface area contributed by atoms with Gasteiger partial charge in [-0.3, -0.25) is 11.3 Å². The number of hydrazine groups is 1. The van der Waals surface area contributed by atoms with Crippen molar-refractivity contribution in [3.05, 3.63) is 0 Å². The number of nitrogens with one attached hydrogen (secondary N) is 1. The lowest BCUT2D eigenvalue weighted by Gasteiger charge is -2.12. The van der Waals surface area contributed by atoms with Crippen molar-refractivity contribution >= 4 is 0 Å². The fourth-order valence-electron chi connectivity index (χ4n) is 0.902. The summed E-state index contributed by atoms with van der Waals surface area (Å²) in [7, 11) is 1.72. The molecule has 0 saturated heterocycles. The second-order valence-corrected chi connectivity index (χ2v) is 2.46. The summed E-state index contributed by atoms with van der Waals surface area (Å²) in [5.41, 5.74) is 2.67. The zero-order valence-electron chi connectivity index (χ0n) is 6.89. The molecule has 10 heavy (non-hydrogen) atoms. The first kappa shape index (κ1) is 9.88. The van der Waals surface area contributed by atoms with E-state index in [9.17, 15) is 0 Å². The minimum Gasteiger partial charge on any atom is -0.385 e. The molecule has 1 atom stereocenters. The van der Waals surface area contributed by atoms with E-state index < -0.39 is 0 Å². The van der Waals surface area contributed by atoms with Gasteiger partial charge in [0.15, 0.2) is 0 Å². The number of nitrogens with two attached hydrogens (primary N) is 1. The first-order valence-corrected chi connectivity index (χ1v) is 3.77. The summed E-state index contributed by atoms with van der Waals surface area (Å²) in [6.45, 7) is 3.89. The molecule has 3 nitrogen and oxygen atoms in total. The zero-order valence-corrected chi connectivity index (χ0v) is 6.89. The highest BCUT2D eigenvalue weighted by molar-refractivity contribution is 4.57. The van der Waals surface area contributed by atoms with E-state index in [0.717, 1.165) is 26.0 Å². The smallest absolute Gasteiger partial charge is 0.0465 e. The summed E-state index contributed by atoms with van der Waals surface area (Å²) in [5, 5.41) is 0. The van der Waals surface area contributed by atoms with Crippen molar-refractivity contribution in [3.63, 3.8) is 0 Å². The summed E-state index contributed by atoms with van der Waals surface area (Å²) < 4.78 is 4.95. The highest BCUT2D eigenvalue weighted by atomic mass is 16.5. The van der Waals surface area contributed by atoms with E-state index in [4.69, 9.17) is 10.6 Å². The third-order valence-corrected chi connectivity index (χ3v) is 1.71. The second kappa shape index (κ2) is 6.99. The summed E-state index contributed by atoms with van der Waals surface area (Å²) in [4.78, 5) is 0. The molecule has 0 aromatic heterocycles. The van der Waals surface area contributed by atoms with Gasteiger partial charge in [-0.05, 0) is 12.3 Å². The van der Waals surface area contributed by atoms with Crippen LogP contribution in [0.5, 0.6) is 0 Å². The third-order valence-electron chi connectivity index (χ3n) is 1.71. The SMILES string of the molecule is CC[C@@H](CCOC)CNN. The maximum atomic E-state index is 5.19. The van der Waals surface area contributed by atoms with Gasteiger partial charge in [-0.15, -0.1) is 0 Å². The molecule has 0 radical (unpaired) electrons. The van der Waals surface area contributed by atoms with E-state index in [1.165, 1.54) is 0 Å². The van der Waals surface area contributed by atoms with E-state index in [-0.39, 0.29) is 0 Å². The maximum absolute atomic E-state index is 5.19. The predicted molar refractivity (Wildman–Crippen MR) is 42.5 cm³/mol. The summed E-state index contributed by atoms with van der Waals surface area (Å²) in [6.07, 6.45) is 2.25. The molecule has 3 N–H and O–H groups in total. The van der Waals surface area contributed by atoms with Crippen LogP contribution in [0.15, 0.2) is 0 Å². The van der Waals surface area contributed by atoms with E-state index in [0.29, 0.717) is 5.92 Å². The zero-order chi connectivity index (χ0) is 7.82. The van der Waals surface area contributed by atoms with Crippen molar-refractivity contribution in [1.82, 2.24) is 5.43 Å². The van der Waals surface area contributed by atoms with E-state index in [1.807, 2.05) is 0 Å². The maximum Gasteiger partial charge on any atom is 0.0465 e. The number of ether oxygens (including phenoxy) is 1. The minimum absolute atomic E-state index is 0.657. The molecule has 0 amide bonds. The number of hydrogen-bond acceptors (Lipinski definition) is 3. The van der Waals surface area contributed by atoms with Gasteiger partial charge < -0.3 is 4.74 Å². The molecule has 0 fully saturated rings. The van der Waals surface area contributed by atoms with E-state index >= 15 is 0 Å². The van der Waals surface area contributed by atoms with Crippen molar-refractivity contribution in [2.45, 2.75) is 19.8 Å². The highest BCUT2D eigenvalue weighted by Crippen LogP contribution is 2.05. The van der Waals surface area contributed by atoms with Gasteiger partial charge in [0.2, 0.25) is 0 Å². The average Bonchev–Trinajstić information content (AvgIpc) is 1.98. The van der Waals surface area contributed by atoms with E-state index in [1.54, 1.807) is 7.11 Å². The van der Waals surface area contributed by atoms with E-state index in [2.05, 4.69) is 12.3 Å². The minimum atomic E-state index is 0.657. The monoisotopic (exact) mass is 146 g/mol. The Balaban J connectivity index is 3.21. The van der Waals surface area contributed by atoms with Crippen molar-refractivity contribution in [2.24, 2.45) is 11.8 Å². The Hall–Kier alpha value is -0.120. The summed E-state index contributed by atoms with van der Waals surface area (Å²) in [6, 6.07) is 0. The normalized spacial score (nSPS) is 13.5. The molecule has 3 heteroatoms. The first-order valence-electron chi connectivity index (χ1n) is 3.77. The van der Waals surface area contributed by atoms with Crippen LogP contribution in [0.1, 0.15) is 19.8 Å². The van der Waals surface area contributed by atoms with Gasteiger partial charge in [0, 0.05) is 20.3 Å². The third kappa shape index (κ3) is 4.73. The van der Waals surface area contributed by atoms with Crippen LogP contribution in [0, 0.1) is 5.92 Å². The van der Waals surface area contributed by atoms with Crippen LogP contribution in [0.3, 0.4) is 0 Å². The lowest BCUT2D eigenvalue weighted by Crippen LogP contribution is -2.29. The Morgan fingerprint density at radius 3 is 2.70 bits per heavy atom. The van der Waals surface area contributed by atoms with Gasteiger partial charge in [0.25, 0.3) is 0 Å².